The van der Waals surface area contributed by atoms with Gasteiger partial charge in [-0.05, 0) is 36.6 Å². The van der Waals surface area contributed by atoms with Gasteiger partial charge in [0.25, 0.3) is 5.91 Å². The van der Waals surface area contributed by atoms with Crippen molar-refractivity contribution in [1.29, 1.82) is 0 Å². The van der Waals surface area contributed by atoms with E-state index in [2.05, 4.69) is 17.4 Å². The van der Waals surface area contributed by atoms with Crippen LogP contribution in [-0.4, -0.2) is 55.2 Å². The van der Waals surface area contributed by atoms with E-state index in [4.69, 9.17) is 21.1 Å². The third-order valence-electron chi connectivity index (χ3n) is 5.81. The lowest BCUT2D eigenvalue weighted by Crippen LogP contribution is -2.52. The first kappa shape index (κ1) is 21.7. The summed E-state index contributed by atoms with van der Waals surface area (Å²) in [5.41, 5.74) is 1.08. The molecule has 0 radical (unpaired) electrons. The lowest BCUT2D eigenvalue weighted by molar-refractivity contribution is -0.122. The van der Waals surface area contributed by atoms with Crippen LogP contribution in [0.15, 0.2) is 48.5 Å². The molecule has 2 aliphatic heterocycles. The maximum absolute atomic E-state index is 13.2. The molecule has 0 aromatic heterocycles. The Labute approximate surface area is 187 Å². The van der Waals surface area contributed by atoms with E-state index in [0.717, 1.165) is 12.8 Å². The van der Waals surface area contributed by atoms with Crippen molar-refractivity contribution < 1.29 is 19.1 Å². The van der Waals surface area contributed by atoms with Gasteiger partial charge in [0.05, 0.1) is 31.9 Å². The largest absolute Gasteiger partial charge is 0.484 e. The second-order valence-corrected chi connectivity index (χ2v) is 8.57. The number of nitrogens with one attached hydrogen (secondary N) is 1. The first-order valence-electron chi connectivity index (χ1n) is 10.7. The Kier molecular flexibility index (Phi) is 6.78. The number of nitrogens with zero attached hydrogens (tertiary/aromatic N) is 1. The van der Waals surface area contributed by atoms with E-state index in [1.54, 1.807) is 23.1 Å². The fraction of sp³-hybridized carbons (Fsp3) is 0.417. The second-order valence-electron chi connectivity index (χ2n) is 8.14. The fourth-order valence-electron chi connectivity index (χ4n) is 4.14. The Balaban J connectivity index is 1.41. The highest BCUT2D eigenvalue weighted by Gasteiger charge is 2.42. The zero-order chi connectivity index (χ0) is 21.7. The molecule has 4 rings (SSSR count). The Hall–Kier alpha value is -2.57. The molecule has 0 aliphatic carbocycles. The quantitative estimate of drug-likeness (QED) is 0.695. The Bertz CT molecular complexity index is 928. The summed E-state index contributed by atoms with van der Waals surface area (Å²) in [6, 6.07) is 15.2. The van der Waals surface area contributed by atoms with Crippen LogP contribution in [0.2, 0.25) is 5.02 Å². The molecule has 2 aromatic carbocycles. The number of rotatable bonds is 6. The van der Waals surface area contributed by atoms with Crippen LogP contribution in [0.25, 0.3) is 0 Å². The summed E-state index contributed by atoms with van der Waals surface area (Å²) in [6.07, 6.45) is 3.06. The molecule has 1 spiro atoms. The molecule has 31 heavy (non-hydrogen) atoms. The molecule has 0 bridgehead atoms. The smallest absolute Gasteiger partial charge is 0.258 e. The van der Waals surface area contributed by atoms with Gasteiger partial charge in [-0.1, -0.05) is 41.9 Å². The molecule has 2 aliphatic rings. The van der Waals surface area contributed by atoms with E-state index in [9.17, 15) is 9.59 Å². The molecule has 2 amide bonds. The van der Waals surface area contributed by atoms with E-state index in [1.807, 2.05) is 18.2 Å². The summed E-state index contributed by atoms with van der Waals surface area (Å²) >= 11 is 6.14. The van der Waals surface area contributed by atoms with E-state index in [1.165, 1.54) is 5.56 Å². The van der Waals surface area contributed by atoms with Crippen molar-refractivity contribution in [3.05, 3.63) is 64.7 Å². The lowest BCUT2D eigenvalue weighted by atomic mass is 9.93. The Morgan fingerprint density at radius 2 is 1.90 bits per heavy atom. The van der Waals surface area contributed by atoms with Crippen molar-refractivity contribution in [3.8, 4) is 5.75 Å². The maximum atomic E-state index is 13.2. The van der Waals surface area contributed by atoms with E-state index < -0.39 is 5.60 Å². The second kappa shape index (κ2) is 9.71. The van der Waals surface area contributed by atoms with Crippen LogP contribution >= 0.6 is 11.6 Å². The zero-order valence-electron chi connectivity index (χ0n) is 17.4. The van der Waals surface area contributed by atoms with E-state index in [-0.39, 0.29) is 18.4 Å². The van der Waals surface area contributed by atoms with Gasteiger partial charge in [0.1, 0.15) is 11.4 Å². The van der Waals surface area contributed by atoms with Crippen LogP contribution in [-0.2, 0) is 16.0 Å². The van der Waals surface area contributed by atoms with Gasteiger partial charge in [-0.25, -0.2) is 0 Å². The number of benzene rings is 2. The van der Waals surface area contributed by atoms with Crippen LogP contribution in [0, 0.1) is 0 Å². The Morgan fingerprint density at radius 1 is 1.13 bits per heavy atom. The minimum Gasteiger partial charge on any atom is -0.484 e. The molecule has 164 valence electrons. The lowest BCUT2D eigenvalue weighted by Gasteiger charge is -2.38. The first-order chi connectivity index (χ1) is 15.0. The van der Waals surface area contributed by atoms with E-state index >= 15 is 0 Å². The predicted molar refractivity (Wildman–Crippen MR) is 119 cm³/mol. The minimum atomic E-state index is -0.555. The maximum Gasteiger partial charge on any atom is 0.258 e. The van der Waals surface area contributed by atoms with Gasteiger partial charge in [-0.15, -0.1) is 0 Å². The number of fused-ring (bicyclic) bond motifs is 1. The van der Waals surface area contributed by atoms with Crippen molar-refractivity contribution in [2.45, 2.75) is 31.3 Å². The van der Waals surface area contributed by atoms with Gasteiger partial charge in [-0.3, -0.25) is 9.59 Å². The van der Waals surface area contributed by atoms with Gasteiger partial charge in [0.2, 0.25) is 5.91 Å². The minimum absolute atomic E-state index is 0.0118. The first-order valence-corrected chi connectivity index (χ1v) is 11.1. The number of carbonyl (C=O) groups excluding carboxylic acids is 2. The molecule has 6 nitrogen and oxygen atoms in total. The van der Waals surface area contributed by atoms with Crippen LogP contribution in [0.1, 0.15) is 35.2 Å². The molecule has 2 aromatic rings. The molecule has 1 saturated heterocycles. The topological polar surface area (TPSA) is 67.9 Å². The number of hydrogen-bond donors (Lipinski definition) is 1. The number of ether oxygens (including phenoxy) is 2. The monoisotopic (exact) mass is 442 g/mol. The highest BCUT2D eigenvalue weighted by molar-refractivity contribution is 6.31. The van der Waals surface area contributed by atoms with Crippen molar-refractivity contribution in [2.75, 3.05) is 32.8 Å². The van der Waals surface area contributed by atoms with Gasteiger partial charge in [0, 0.05) is 24.4 Å². The summed E-state index contributed by atoms with van der Waals surface area (Å²) in [4.78, 5) is 27.5. The van der Waals surface area contributed by atoms with Crippen LogP contribution < -0.4 is 10.1 Å². The standard InChI is InChI=1S/C24H27ClN2O4/c25-19-8-9-21-20(15-19)23(29)27(17-24(31-21)10-13-30-14-11-24)16-22(28)26-12-4-7-18-5-2-1-3-6-18/h1-3,5-6,8-9,15H,4,7,10-14,16-17H2,(H,26,28). The van der Waals surface area contributed by atoms with Crippen molar-refractivity contribution in [2.24, 2.45) is 0 Å². The summed E-state index contributed by atoms with van der Waals surface area (Å²) in [6.45, 7) is 2.03. The molecule has 7 heteroatoms. The van der Waals surface area contributed by atoms with Crippen LogP contribution in [0.3, 0.4) is 0 Å². The molecule has 0 atom stereocenters. The molecule has 0 unspecified atom stereocenters. The van der Waals surface area contributed by atoms with E-state index in [0.29, 0.717) is 55.5 Å². The zero-order valence-corrected chi connectivity index (χ0v) is 18.2. The molecular formula is C24H27ClN2O4. The number of aryl methyl sites for hydroxylation is 1. The summed E-state index contributed by atoms with van der Waals surface area (Å²) in [5, 5.41) is 3.41. The highest BCUT2D eigenvalue weighted by atomic mass is 35.5. The molecule has 2 heterocycles. The average molecular weight is 443 g/mol. The average Bonchev–Trinajstić information content (AvgIpc) is 2.88. The molecule has 1 N–H and O–H groups in total. The van der Waals surface area contributed by atoms with Gasteiger partial charge in [0.15, 0.2) is 0 Å². The van der Waals surface area contributed by atoms with Crippen LogP contribution in [0.4, 0.5) is 0 Å². The summed E-state index contributed by atoms with van der Waals surface area (Å²) < 4.78 is 11.8. The summed E-state index contributed by atoms with van der Waals surface area (Å²) in [7, 11) is 0. The molecular weight excluding hydrogens is 416 g/mol. The third-order valence-corrected chi connectivity index (χ3v) is 6.05. The number of hydrogen-bond acceptors (Lipinski definition) is 4. The SMILES string of the molecule is O=C(CN1CC2(CCOCC2)Oc2ccc(Cl)cc2C1=O)NCCCc1ccccc1. The number of carbonyl (C=O) groups is 2. The third kappa shape index (κ3) is 5.38. The number of halogens is 1. The van der Waals surface area contributed by atoms with Crippen molar-refractivity contribution in [1.82, 2.24) is 10.2 Å². The fourth-order valence-corrected chi connectivity index (χ4v) is 4.31. The van der Waals surface area contributed by atoms with Gasteiger partial charge in [-0.2, -0.15) is 0 Å². The number of amides is 2. The molecule has 0 saturated carbocycles. The van der Waals surface area contributed by atoms with Crippen molar-refractivity contribution >= 4 is 23.4 Å². The van der Waals surface area contributed by atoms with Crippen molar-refractivity contribution in [3.63, 3.8) is 0 Å². The van der Waals surface area contributed by atoms with Gasteiger partial charge >= 0.3 is 0 Å². The van der Waals surface area contributed by atoms with Crippen LogP contribution in [0.5, 0.6) is 5.75 Å². The normalized spacial score (nSPS) is 17.6. The highest BCUT2D eigenvalue weighted by Crippen LogP contribution is 2.36. The Morgan fingerprint density at radius 3 is 2.68 bits per heavy atom. The van der Waals surface area contributed by atoms with Gasteiger partial charge < -0.3 is 19.7 Å². The predicted octanol–water partition coefficient (Wildman–Crippen LogP) is 3.47. The molecule has 1 fully saturated rings. The summed E-state index contributed by atoms with van der Waals surface area (Å²) in [5.74, 6) is 0.108.